The van der Waals surface area contributed by atoms with Gasteiger partial charge in [0.25, 0.3) is 0 Å². The normalized spacial score (nSPS) is 10.0. The summed E-state index contributed by atoms with van der Waals surface area (Å²) in [6.07, 6.45) is 5.30. The molecule has 3 heteroatoms. The third-order valence-corrected chi connectivity index (χ3v) is 2.19. The highest BCUT2D eigenvalue weighted by Crippen LogP contribution is 2.26. The van der Waals surface area contributed by atoms with Crippen LogP contribution in [0.4, 0.5) is 0 Å². The highest BCUT2D eigenvalue weighted by atomic mass is 16.5. The molecule has 0 atom stereocenters. The fourth-order valence-corrected chi connectivity index (χ4v) is 1.38. The van der Waals surface area contributed by atoms with Gasteiger partial charge in [-0.3, -0.25) is 9.97 Å². The highest BCUT2D eigenvalue weighted by Gasteiger charge is 2.05. The van der Waals surface area contributed by atoms with E-state index < -0.39 is 0 Å². The van der Waals surface area contributed by atoms with Crippen LogP contribution < -0.4 is 4.74 Å². The Morgan fingerprint density at radius 3 is 2.67 bits per heavy atom. The third kappa shape index (κ3) is 1.96. The van der Waals surface area contributed by atoms with E-state index in [1.807, 2.05) is 31.3 Å². The minimum absolute atomic E-state index is 0.793. The second kappa shape index (κ2) is 4.09. The Kier molecular flexibility index (Phi) is 2.63. The molecule has 0 radical (unpaired) electrons. The monoisotopic (exact) mass is 200 g/mol. The van der Waals surface area contributed by atoms with E-state index in [4.69, 9.17) is 4.74 Å². The van der Waals surface area contributed by atoms with Crippen molar-refractivity contribution in [3.05, 3.63) is 42.4 Å². The lowest BCUT2D eigenvalue weighted by Crippen LogP contribution is -1.90. The molecule has 0 aliphatic carbocycles. The van der Waals surface area contributed by atoms with E-state index in [0.717, 1.165) is 22.6 Å². The van der Waals surface area contributed by atoms with Crippen LogP contribution in [-0.2, 0) is 0 Å². The molecule has 2 aromatic heterocycles. The molecule has 2 heterocycles. The summed E-state index contributed by atoms with van der Waals surface area (Å²) < 4.78 is 5.25. The van der Waals surface area contributed by atoms with Crippen LogP contribution in [0.15, 0.2) is 36.8 Å². The predicted molar refractivity (Wildman–Crippen MR) is 58.8 cm³/mol. The molecule has 0 saturated carbocycles. The van der Waals surface area contributed by atoms with E-state index in [0.29, 0.717) is 0 Å². The number of rotatable bonds is 2. The molecule has 0 amide bonds. The number of hydrogen-bond donors (Lipinski definition) is 0. The maximum atomic E-state index is 5.25. The number of pyridine rings is 2. The first kappa shape index (κ1) is 9.65. The summed E-state index contributed by atoms with van der Waals surface area (Å²) in [6.45, 7) is 2.01. The van der Waals surface area contributed by atoms with Crippen LogP contribution in [0.2, 0.25) is 0 Å². The topological polar surface area (TPSA) is 35.0 Å². The molecule has 0 unspecified atom stereocenters. The van der Waals surface area contributed by atoms with E-state index >= 15 is 0 Å². The molecule has 0 fully saturated rings. The quantitative estimate of drug-likeness (QED) is 0.747. The van der Waals surface area contributed by atoms with Crippen LogP contribution >= 0.6 is 0 Å². The lowest BCUT2D eigenvalue weighted by atomic mass is 10.1. The van der Waals surface area contributed by atoms with E-state index in [1.54, 1.807) is 19.5 Å². The molecule has 0 bridgehead atoms. The molecule has 2 aromatic rings. The third-order valence-electron chi connectivity index (χ3n) is 2.19. The molecule has 0 aromatic carbocycles. The van der Waals surface area contributed by atoms with Crippen molar-refractivity contribution >= 4 is 0 Å². The van der Waals surface area contributed by atoms with E-state index in [-0.39, 0.29) is 0 Å². The Balaban J connectivity index is 2.49. The first-order valence-electron chi connectivity index (χ1n) is 4.72. The molecule has 76 valence electrons. The van der Waals surface area contributed by atoms with Crippen molar-refractivity contribution in [2.75, 3.05) is 7.11 Å². The summed E-state index contributed by atoms with van der Waals surface area (Å²) in [5.74, 6) is 0.793. The number of aryl methyl sites for hydroxylation is 1. The average Bonchev–Trinajstić information content (AvgIpc) is 2.30. The molecule has 15 heavy (non-hydrogen) atoms. The number of nitrogens with zero attached hydrogens (tertiary/aromatic N) is 2. The van der Waals surface area contributed by atoms with Crippen LogP contribution in [0.5, 0.6) is 5.75 Å². The molecule has 0 aliphatic rings. The minimum Gasteiger partial charge on any atom is -0.496 e. The summed E-state index contributed by atoms with van der Waals surface area (Å²) in [6, 6.07) is 5.82. The summed E-state index contributed by atoms with van der Waals surface area (Å²) in [5.41, 5.74) is 2.94. The van der Waals surface area contributed by atoms with Gasteiger partial charge in [-0.05, 0) is 24.6 Å². The fraction of sp³-hybridized carbons (Fsp3) is 0.167. The Morgan fingerprint density at radius 1 is 1.13 bits per heavy atom. The van der Waals surface area contributed by atoms with Gasteiger partial charge >= 0.3 is 0 Å². The Labute approximate surface area is 88.8 Å². The maximum Gasteiger partial charge on any atom is 0.131 e. The summed E-state index contributed by atoms with van der Waals surface area (Å²) in [4.78, 5) is 8.41. The van der Waals surface area contributed by atoms with Gasteiger partial charge < -0.3 is 4.74 Å². The lowest BCUT2D eigenvalue weighted by molar-refractivity contribution is 0.416. The predicted octanol–water partition coefficient (Wildman–Crippen LogP) is 2.46. The number of aromatic nitrogens is 2. The number of hydrogen-bond acceptors (Lipinski definition) is 3. The van der Waals surface area contributed by atoms with Crippen molar-refractivity contribution in [2.24, 2.45) is 0 Å². The van der Waals surface area contributed by atoms with Gasteiger partial charge in [0.15, 0.2) is 0 Å². The minimum atomic E-state index is 0.793. The molecule has 0 spiro atoms. The van der Waals surface area contributed by atoms with E-state index in [1.165, 1.54) is 0 Å². The van der Waals surface area contributed by atoms with Crippen molar-refractivity contribution in [1.29, 1.82) is 0 Å². The van der Waals surface area contributed by atoms with Crippen molar-refractivity contribution < 1.29 is 4.74 Å². The van der Waals surface area contributed by atoms with E-state index in [2.05, 4.69) is 9.97 Å². The van der Waals surface area contributed by atoms with Crippen molar-refractivity contribution in [2.45, 2.75) is 6.92 Å². The zero-order chi connectivity index (χ0) is 10.7. The molecule has 2 rings (SSSR count). The Hall–Kier alpha value is -1.90. The van der Waals surface area contributed by atoms with Crippen LogP contribution in [-0.4, -0.2) is 17.1 Å². The molecule has 0 N–H and O–H groups in total. The first-order chi connectivity index (χ1) is 7.31. The van der Waals surface area contributed by atoms with Gasteiger partial charge in [-0.15, -0.1) is 0 Å². The van der Waals surface area contributed by atoms with Gasteiger partial charge in [0.05, 0.1) is 18.4 Å². The van der Waals surface area contributed by atoms with Gasteiger partial charge in [-0.25, -0.2) is 0 Å². The summed E-state index contributed by atoms with van der Waals surface area (Å²) in [5, 5.41) is 0. The van der Waals surface area contributed by atoms with Crippen LogP contribution in [0.25, 0.3) is 11.3 Å². The van der Waals surface area contributed by atoms with E-state index in [9.17, 15) is 0 Å². The van der Waals surface area contributed by atoms with Crippen LogP contribution in [0, 0.1) is 6.92 Å². The SMILES string of the molecule is COc1ccncc1-c1ccc(C)cn1. The van der Waals surface area contributed by atoms with Gasteiger partial charge in [-0.2, -0.15) is 0 Å². The lowest BCUT2D eigenvalue weighted by Gasteiger charge is -2.06. The van der Waals surface area contributed by atoms with Crippen molar-refractivity contribution in [3.8, 4) is 17.0 Å². The highest BCUT2D eigenvalue weighted by molar-refractivity contribution is 5.65. The first-order valence-corrected chi connectivity index (χ1v) is 4.72. The van der Waals surface area contributed by atoms with Crippen LogP contribution in [0.1, 0.15) is 5.56 Å². The van der Waals surface area contributed by atoms with Gasteiger partial charge in [0.2, 0.25) is 0 Å². The van der Waals surface area contributed by atoms with Crippen LogP contribution in [0.3, 0.4) is 0 Å². The summed E-state index contributed by atoms with van der Waals surface area (Å²) >= 11 is 0. The zero-order valence-corrected chi connectivity index (χ0v) is 8.77. The van der Waals surface area contributed by atoms with Gasteiger partial charge in [-0.1, -0.05) is 6.07 Å². The Morgan fingerprint density at radius 2 is 2.00 bits per heavy atom. The second-order valence-electron chi connectivity index (χ2n) is 3.30. The van der Waals surface area contributed by atoms with Crippen molar-refractivity contribution in [3.63, 3.8) is 0 Å². The smallest absolute Gasteiger partial charge is 0.131 e. The zero-order valence-electron chi connectivity index (χ0n) is 8.77. The molecular weight excluding hydrogens is 188 g/mol. The standard InChI is InChI=1S/C12H12N2O/c1-9-3-4-11(14-7-9)10-8-13-6-5-12(10)15-2/h3-8H,1-2H3. The number of methoxy groups -OCH3 is 1. The molecule has 0 aliphatic heterocycles. The largest absolute Gasteiger partial charge is 0.496 e. The maximum absolute atomic E-state index is 5.25. The molecular formula is C12H12N2O. The average molecular weight is 200 g/mol. The Bertz CT molecular complexity index is 451. The number of ether oxygens (including phenoxy) is 1. The van der Waals surface area contributed by atoms with Crippen molar-refractivity contribution in [1.82, 2.24) is 9.97 Å². The fourth-order valence-electron chi connectivity index (χ4n) is 1.38. The summed E-state index contributed by atoms with van der Waals surface area (Å²) in [7, 11) is 1.65. The van der Waals surface area contributed by atoms with Gasteiger partial charge in [0, 0.05) is 18.6 Å². The second-order valence-corrected chi connectivity index (χ2v) is 3.30. The molecule has 0 saturated heterocycles. The van der Waals surface area contributed by atoms with Gasteiger partial charge in [0.1, 0.15) is 5.75 Å². The molecule has 3 nitrogen and oxygen atoms in total.